The van der Waals surface area contributed by atoms with Gasteiger partial charge in [0.1, 0.15) is 12.0 Å². The number of rotatable bonds is 7. The van der Waals surface area contributed by atoms with Crippen molar-refractivity contribution in [3.63, 3.8) is 0 Å². The summed E-state index contributed by atoms with van der Waals surface area (Å²) in [6, 6.07) is 6.14. The number of ether oxygens (including phenoxy) is 1. The maximum absolute atomic E-state index is 12.5. The molecule has 3 atom stereocenters. The smallest absolute Gasteiger partial charge is 0.469 e. The summed E-state index contributed by atoms with van der Waals surface area (Å²) in [7, 11) is -4.77. The molecule has 1 aliphatic rings. The number of thioether (sulfide) groups is 1. The Morgan fingerprint density at radius 3 is 2.65 bits per heavy atom. The molecule has 0 bridgehead atoms. The van der Waals surface area contributed by atoms with Crippen molar-refractivity contribution in [3.05, 3.63) is 62.4 Å². The summed E-state index contributed by atoms with van der Waals surface area (Å²) in [5.74, 6) is 0.0761. The van der Waals surface area contributed by atoms with Crippen LogP contribution in [0.3, 0.4) is 0 Å². The Balaban J connectivity index is 1.76. The van der Waals surface area contributed by atoms with Gasteiger partial charge < -0.3 is 19.6 Å². The molecule has 13 heteroatoms. The highest BCUT2D eigenvalue weighted by Gasteiger charge is 2.39. The van der Waals surface area contributed by atoms with Gasteiger partial charge in [0.2, 0.25) is 0 Å². The Labute approximate surface area is 180 Å². The van der Waals surface area contributed by atoms with E-state index in [1.165, 1.54) is 29.8 Å². The molecule has 1 aromatic heterocycles. The first-order valence-corrected chi connectivity index (χ1v) is 11.6. The van der Waals surface area contributed by atoms with E-state index in [9.17, 15) is 24.1 Å². The number of carbonyl (C=O) groups is 1. The van der Waals surface area contributed by atoms with Crippen molar-refractivity contribution in [2.45, 2.75) is 37.3 Å². The van der Waals surface area contributed by atoms with Gasteiger partial charge in [-0.05, 0) is 24.6 Å². The van der Waals surface area contributed by atoms with Gasteiger partial charge in [-0.2, -0.15) is 0 Å². The van der Waals surface area contributed by atoms with Gasteiger partial charge in [0.05, 0.1) is 12.7 Å². The highest BCUT2D eigenvalue weighted by molar-refractivity contribution is 8.14. The average Bonchev–Trinajstić information content (AvgIpc) is 3.06. The van der Waals surface area contributed by atoms with E-state index in [2.05, 4.69) is 9.51 Å². The molecule has 0 saturated carbocycles. The second kappa shape index (κ2) is 9.51. The molecule has 0 aliphatic carbocycles. The summed E-state index contributed by atoms with van der Waals surface area (Å²) in [5, 5.41) is 8.56. The van der Waals surface area contributed by atoms with Crippen LogP contribution in [0.4, 0.5) is 0 Å². The number of phenolic OH excluding ortho intramolecular Hbond substituents is 1. The Hall–Kier alpha value is -2.21. The molecule has 0 unspecified atom stereocenters. The molecule has 1 aromatic carbocycles. The summed E-state index contributed by atoms with van der Waals surface area (Å²) in [6.07, 6.45) is -0.168. The van der Waals surface area contributed by atoms with E-state index in [1.807, 2.05) is 0 Å². The molecule has 11 nitrogen and oxygen atoms in total. The molecule has 3 rings (SSSR count). The predicted molar refractivity (Wildman–Crippen MR) is 111 cm³/mol. The number of aryl methyl sites for hydroxylation is 1. The number of aromatic hydroxyl groups is 1. The zero-order chi connectivity index (χ0) is 22.8. The standard InChI is InChI=1S/C18H21N2O9PS/c1-10-8-20(18(24)19-17(10)23)15-7-14(13(29-15)9-28-30(25,26)27)31-16(22)6-11-2-4-12(21)5-3-11/h2-5,8,13-15,21H,6-7,9H2,1H3,(H,19,23,24)(H2,25,26,27)/t13-,14+,15-/m1/s1. The maximum atomic E-state index is 12.5. The van der Waals surface area contributed by atoms with Gasteiger partial charge in [0.15, 0.2) is 5.12 Å². The summed E-state index contributed by atoms with van der Waals surface area (Å²) < 4.78 is 22.6. The summed E-state index contributed by atoms with van der Waals surface area (Å²) in [4.78, 5) is 56.5. The quantitative estimate of drug-likeness (QED) is 0.423. The number of carbonyl (C=O) groups excluding carboxylic acids is 1. The number of hydrogen-bond donors (Lipinski definition) is 4. The number of hydrogen-bond acceptors (Lipinski definition) is 8. The van der Waals surface area contributed by atoms with Crippen molar-refractivity contribution < 1.29 is 33.5 Å². The SMILES string of the molecule is Cc1cn([C@H]2C[C@H](SC(=O)Cc3ccc(O)cc3)[C@@H](COP(=O)(O)O)O2)c(=O)[nH]c1=O. The zero-order valence-electron chi connectivity index (χ0n) is 16.3. The molecular weight excluding hydrogens is 451 g/mol. The van der Waals surface area contributed by atoms with Gasteiger partial charge >= 0.3 is 13.5 Å². The minimum atomic E-state index is -4.77. The number of phosphoric acid groups is 1. The fourth-order valence-electron chi connectivity index (χ4n) is 3.11. The number of nitrogens with zero attached hydrogens (tertiary/aromatic N) is 1. The van der Waals surface area contributed by atoms with Crippen LogP contribution in [0.1, 0.15) is 23.8 Å². The van der Waals surface area contributed by atoms with E-state index in [0.29, 0.717) is 5.56 Å². The van der Waals surface area contributed by atoms with Gasteiger partial charge in [-0.15, -0.1) is 0 Å². The third-order valence-electron chi connectivity index (χ3n) is 4.61. The van der Waals surface area contributed by atoms with Crippen LogP contribution < -0.4 is 11.2 Å². The van der Waals surface area contributed by atoms with Crippen molar-refractivity contribution >= 4 is 24.7 Å². The Morgan fingerprint density at radius 1 is 1.32 bits per heavy atom. The van der Waals surface area contributed by atoms with E-state index in [4.69, 9.17) is 14.5 Å². The van der Waals surface area contributed by atoms with Gasteiger partial charge in [0.25, 0.3) is 5.56 Å². The number of phenols is 1. The third kappa shape index (κ3) is 6.39. The number of nitrogens with one attached hydrogen (secondary N) is 1. The topological polar surface area (TPSA) is 168 Å². The van der Waals surface area contributed by atoms with Gasteiger partial charge in [-0.25, -0.2) is 9.36 Å². The molecule has 0 amide bonds. The predicted octanol–water partition coefficient (Wildman–Crippen LogP) is 0.819. The van der Waals surface area contributed by atoms with E-state index in [-0.39, 0.29) is 29.3 Å². The number of aromatic amines is 1. The average molecular weight is 472 g/mol. The Bertz CT molecular complexity index is 1110. The van der Waals surface area contributed by atoms with Crippen molar-refractivity contribution in [1.82, 2.24) is 9.55 Å². The fraction of sp³-hybridized carbons (Fsp3) is 0.389. The van der Waals surface area contributed by atoms with Gasteiger partial charge in [-0.1, -0.05) is 23.9 Å². The minimum absolute atomic E-state index is 0.0654. The lowest BCUT2D eigenvalue weighted by atomic mass is 10.2. The largest absolute Gasteiger partial charge is 0.508 e. The van der Waals surface area contributed by atoms with Crippen molar-refractivity contribution in [2.75, 3.05) is 6.61 Å². The zero-order valence-corrected chi connectivity index (χ0v) is 18.0. The molecule has 0 spiro atoms. The molecule has 168 valence electrons. The third-order valence-corrected chi connectivity index (χ3v) is 6.30. The normalized spacial score (nSPS) is 21.3. The highest BCUT2D eigenvalue weighted by atomic mass is 32.2. The maximum Gasteiger partial charge on any atom is 0.469 e. The number of phosphoric ester groups is 1. The van der Waals surface area contributed by atoms with Gasteiger partial charge in [0, 0.05) is 29.9 Å². The monoisotopic (exact) mass is 472 g/mol. The first-order valence-electron chi connectivity index (χ1n) is 9.17. The van der Waals surface area contributed by atoms with Crippen molar-refractivity contribution in [1.29, 1.82) is 0 Å². The lowest BCUT2D eigenvalue weighted by Crippen LogP contribution is -2.33. The van der Waals surface area contributed by atoms with Gasteiger partial charge in [-0.3, -0.25) is 23.7 Å². The molecular formula is C18H21N2O9PS. The summed E-state index contributed by atoms with van der Waals surface area (Å²) in [5.41, 5.74) is -0.265. The van der Waals surface area contributed by atoms with Crippen LogP contribution in [-0.4, -0.2) is 47.5 Å². The Morgan fingerprint density at radius 2 is 2.00 bits per heavy atom. The molecule has 1 saturated heterocycles. The lowest BCUT2D eigenvalue weighted by Gasteiger charge is -2.18. The van der Waals surface area contributed by atoms with Crippen LogP contribution in [0.25, 0.3) is 0 Å². The Kier molecular flexibility index (Phi) is 7.20. The van der Waals surface area contributed by atoms with Crippen LogP contribution in [0, 0.1) is 6.92 Å². The molecule has 4 N–H and O–H groups in total. The van der Waals surface area contributed by atoms with E-state index in [0.717, 1.165) is 11.8 Å². The second-order valence-electron chi connectivity index (χ2n) is 7.00. The van der Waals surface area contributed by atoms with Crippen LogP contribution in [0.15, 0.2) is 40.1 Å². The first-order chi connectivity index (χ1) is 14.5. The van der Waals surface area contributed by atoms with Crippen LogP contribution in [0.2, 0.25) is 0 Å². The molecule has 31 heavy (non-hydrogen) atoms. The molecule has 2 heterocycles. The van der Waals surface area contributed by atoms with E-state index < -0.39 is 43.3 Å². The minimum Gasteiger partial charge on any atom is -0.508 e. The van der Waals surface area contributed by atoms with Crippen LogP contribution in [-0.2, 0) is 25.0 Å². The molecule has 0 radical (unpaired) electrons. The number of H-pyrrole nitrogens is 1. The lowest BCUT2D eigenvalue weighted by molar-refractivity contribution is -0.110. The highest BCUT2D eigenvalue weighted by Crippen LogP contribution is 2.41. The fourth-order valence-corrected chi connectivity index (χ4v) is 4.59. The molecule has 1 aliphatic heterocycles. The summed E-state index contributed by atoms with van der Waals surface area (Å²) in [6.45, 7) is 1.04. The van der Waals surface area contributed by atoms with E-state index >= 15 is 0 Å². The molecule has 2 aromatic rings. The number of aromatic nitrogens is 2. The van der Waals surface area contributed by atoms with E-state index in [1.54, 1.807) is 12.1 Å². The number of benzene rings is 1. The molecule has 1 fully saturated rings. The van der Waals surface area contributed by atoms with Crippen molar-refractivity contribution in [3.8, 4) is 5.75 Å². The van der Waals surface area contributed by atoms with Crippen LogP contribution in [0.5, 0.6) is 5.75 Å². The first kappa shape index (κ1) is 23.5. The second-order valence-corrected chi connectivity index (χ2v) is 9.54. The van der Waals surface area contributed by atoms with Crippen molar-refractivity contribution in [2.24, 2.45) is 0 Å². The summed E-state index contributed by atoms with van der Waals surface area (Å²) >= 11 is 0.930. The van der Waals surface area contributed by atoms with Crippen LogP contribution >= 0.6 is 19.6 Å².